The van der Waals surface area contributed by atoms with Gasteiger partial charge in [0.05, 0.1) is 6.61 Å². The number of nitrogens with zero attached hydrogens (tertiary/aromatic N) is 2. The van der Waals surface area contributed by atoms with Crippen LogP contribution in [0.3, 0.4) is 0 Å². The molecule has 0 saturated carbocycles. The van der Waals surface area contributed by atoms with Gasteiger partial charge >= 0.3 is 21.3 Å². The van der Waals surface area contributed by atoms with Gasteiger partial charge in [-0.2, -0.15) is 13.9 Å². The Morgan fingerprint density at radius 1 is 1.28 bits per heavy atom. The molecule has 29 heavy (non-hydrogen) atoms. The molecule has 20 heteroatoms. The number of nitrogen functional groups attached to an aromatic ring is 1. The quantitative estimate of drug-likeness (QED) is 0.181. The van der Waals surface area contributed by atoms with Crippen molar-refractivity contribution in [2.75, 3.05) is 12.3 Å². The summed E-state index contributed by atoms with van der Waals surface area (Å²) in [5.41, 5.74) is 4.40. The number of ether oxygens (including phenoxy) is 1. The van der Waals surface area contributed by atoms with Crippen LogP contribution in [-0.4, -0.2) is 59.4 Å². The van der Waals surface area contributed by atoms with Gasteiger partial charge in [-0.1, -0.05) is 0 Å². The van der Waals surface area contributed by atoms with E-state index < -0.39 is 60.3 Å². The second kappa shape index (κ2) is 8.61. The first-order valence-corrected chi connectivity index (χ1v) is 11.8. The maximum atomic E-state index is 11.8. The van der Waals surface area contributed by atoms with Crippen LogP contribution in [0.2, 0.25) is 0 Å². The van der Waals surface area contributed by atoms with Crippen molar-refractivity contribution in [1.29, 1.82) is 0 Å². The van der Waals surface area contributed by atoms with E-state index in [1.807, 2.05) is 0 Å². The van der Waals surface area contributed by atoms with Gasteiger partial charge in [-0.15, -0.1) is 0 Å². The molecule has 2 rings (SSSR count). The van der Waals surface area contributed by atoms with E-state index >= 15 is 0 Å². The lowest BCUT2D eigenvalue weighted by atomic mass is 10.1. The van der Waals surface area contributed by atoms with Crippen LogP contribution in [0, 0.1) is 0 Å². The molecule has 0 spiro atoms. The first-order chi connectivity index (χ1) is 13.1. The lowest BCUT2D eigenvalue weighted by Crippen LogP contribution is -2.36. The van der Waals surface area contributed by atoms with E-state index in [9.17, 15) is 33.6 Å². The predicted molar refractivity (Wildman–Crippen MR) is 87.8 cm³/mol. The number of hydrogen-bond acceptors (Lipinski definition) is 13. The van der Waals surface area contributed by atoms with Crippen molar-refractivity contribution in [3.05, 3.63) is 22.7 Å². The third kappa shape index (κ3) is 6.73. The minimum atomic E-state index is -5.90. The molecule has 0 bridgehead atoms. The highest BCUT2D eigenvalue weighted by Crippen LogP contribution is 2.64. The molecule has 1 fully saturated rings. The Labute approximate surface area is 160 Å². The fourth-order valence-corrected chi connectivity index (χ4v) is 5.20. The lowest BCUT2D eigenvalue weighted by molar-refractivity contribution is -0.211. The van der Waals surface area contributed by atoms with E-state index in [0.717, 1.165) is 10.8 Å². The molecule has 0 amide bonds. The third-order valence-corrected chi connectivity index (χ3v) is 7.09. The van der Waals surface area contributed by atoms with Crippen LogP contribution in [0.4, 0.5) is 5.82 Å². The maximum Gasteiger partial charge on any atom is 0.640 e. The molecule has 1 saturated heterocycles. The number of nitrogens with two attached hydrogens (primary N) is 1. The fourth-order valence-electron chi connectivity index (χ4n) is 2.19. The van der Waals surface area contributed by atoms with Crippen molar-refractivity contribution in [2.45, 2.75) is 24.5 Å². The Hall–Kier alpha value is -1.03. The van der Waals surface area contributed by atoms with Gasteiger partial charge in [-0.25, -0.2) is 18.2 Å². The van der Waals surface area contributed by atoms with E-state index in [2.05, 4.69) is 18.1 Å². The van der Waals surface area contributed by atoms with Gasteiger partial charge in [-0.05, 0) is 6.07 Å². The van der Waals surface area contributed by atoms with E-state index in [1.54, 1.807) is 0 Å². The Morgan fingerprint density at radius 3 is 2.45 bits per heavy atom. The minimum absolute atomic E-state index is 0.119. The van der Waals surface area contributed by atoms with E-state index in [0.29, 0.717) is 0 Å². The van der Waals surface area contributed by atoms with Gasteiger partial charge in [0.2, 0.25) is 0 Å². The SMILES string of the molecule is Nc1ccn([C@@H]2O[C@H](COP(=O)([OH2+])OP(=O)([O-])OP(=O)(O)O)[C@H](O)C2O)c(=O)n1. The summed E-state index contributed by atoms with van der Waals surface area (Å²) in [6, 6.07) is 1.20. The summed E-state index contributed by atoms with van der Waals surface area (Å²) >= 11 is 0. The molecule has 2 heterocycles. The van der Waals surface area contributed by atoms with Crippen LogP contribution < -0.4 is 16.3 Å². The lowest BCUT2D eigenvalue weighted by Gasteiger charge is -2.22. The molecule has 6 atom stereocenters. The normalized spacial score (nSPS) is 29.3. The minimum Gasteiger partial charge on any atom is -0.755 e. The number of hydrogen-bond donors (Lipinski definition) is 5. The van der Waals surface area contributed by atoms with Crippen molar-refractivity contribution in [2.24, 2.45) is 0 Å². The zero-order valence-electron chi connectivity index (χ0n) is 13.9. The molecule has 1 aromatic heterocycles. The number of anilines is 1. The molecular weight excluding hydrogens is 467 g/mol. The van der Waals surface area contributed by atoms with Gasteiger partial charge < -0.3 is 40.3 Å². The van der Waals surface area contributed by atoms with Crippen molar-refractivity contribution in [1.82, 2.24) is 9.55 Å². The van der Waals surface area contributed by atoms with Crippen molar-refractivity contribution < 1.29 is 61.4 Å². The largest absolute Gasteiger partial charge is 0.755 e. The molecule has 8 N–H and O–H groups in total. The standard InChI is InChI=1S/C9H16N3O14P3/c10-5-1-2-12(9(15)11-5)8-7(14)6(13)4(24-8)3-23-28(19,20)26-29(21,22)25-27(16,17)18/h1-2,4,6-8,13-14H,3H2,(H,19,20)(H,21,22)(H2,10,11,15)(H2,16,17,18)/t4-,6+,7?,8-/m1/s1. The highest BCUT2D eigenvalue weighted by atomic mass is 31.3. The van der Waals surface area contributed by atoms with Gasteiger partial charge in [0.15, 0.2) is 6.23 Å². The number of aromatic nitrogens is 2. The average Bonchev–Trinajstić information content (AvgIpc) is 2.78. The third-order valence-electron chi connectivity index (χ3n) is 3.29. The highest BCUT2D eigenvalue weighted by molar-refractivity contribution is 7.65. The Bertz CT molecular complexity index is 946. The Morgan fingerprint density at radius 2 is 1.90 bits per heavy atom. The van der Waals surface area contributed by atoms with Crippen LogP contribution >= 0.6 is 23.5 Å². The molecular formula is C9H16N3O14P3. The van der Waals surface area contributed by atoms with Crippen LogP contribution in [0.1, 0.15) is 6.23 Å². The van der Waals surface area contributed by atoms with Gasteiger partial charge in [0, 0.05) is 6.20 Å². The summed E-state index contributed by atoms with van der Waals surface area (Å²) < 4.78 is 50.8. The van der Waals surface area contributed by atoms with E-state index in [-0.39, 0.29) is 5.82 Å². The fraction of sp³-hybridized carbons (Fsp3) is 0.556. The van der Waals surface area contributed by atoms with Gasteiger partial charge in [0.1, 0.15) is 24.1 Å². The summed E-state index contributed by atoms with van der Waals surface area (Å²) in [7, 11) is -16.8. The van der Waals surface area contributed by atoms with Crippen LogP contribution in [0.15, 0.2) is 17.1 Å². The molecule has 17 nitrogen and oxygen atoms in total. The molecule has 166 valence electrons. The molecule has 0 aliphatic carbocycles. The number of rotatable bonds is 8. The summed E-state index contributed by atoms with van der Waals surface area (Å²) in [6.07, 6.45) is -5.33. The summed E-state index contributed by atoms with van der Waals surface area (Å²) in [5.74, 6) is -0.119. The van der Waals surface area contributed by atoms with E-state index in [4.69, 9.17) is 25.2 Å². The van der Waals surface area contributed by atoms with Crippen LogP contribution in [-0.2, 0) is 31.6 Å². The van der Waals surface area contributed by atoms with E-state index in [1.165, 1.54) is 6.07 Å². The topological polar surface area (TPSA) is 276 Å². The Balaban J connectivity index is 2.05. The predicted octanol–water partition coefficient (Wildman–Crippen LogP) is -3.11. The first-order valence-electron chi connectivity index (χ1n) is 7.25. The summed E-state index contributed by atoms with van der Waals surface area (Å²) in [4.78, 5) is 50.4. The number of aliphatic hydroxyl groups is 2. The second-order valence-corrected chi connectivity index (χ2v) is 9.92. The van der Waals surface area contributed by atoms with Crippen molar-refractivity contribution >= 4 is 29.3 Å². The molecule has 1 aliphatic heterocycles. The van der Waals surface area contributed by atoms with Crippen molar-refractivity contribution in [3.63, 3.8) is 0 Å². The maximum absolute atomic E-state index is 11.8. The van der Waals surface area contributed by atoms with Crippen LogP contribution in [0.25, 0.3) is 0 Å². The zero-order chi connectivity index (χ0) is 22.2. The number of aliphatic hydroxyl groups excluding tert-OH is 2. The molecule has 3 unspecified atom stereocenters. The second-order valence-electron chi connectivity index (χ2n) is 5.48. The summed E-state index contributed by atoms with van der Waals surface area (Å²) in [6.45, 7) is -0.984. The highest BCUT2D eigenvalue weighted by Gasteiger charge is 2.47. The van der Waals surface area contributed by atoms with Crippen molar-refractivity contribution in [3.8, 4) is 0 Å². The average molecular weight is 483 g/mol. The number of phosphoric acid groups is 2. The van der Waals surface area contributed by atoms with Crippen LogP contribution in [0.5, 0.6) is 0 Å². The first kappa shape index (κ1) is 24.2. The van der Waals surface area contributed by atoms with Gasteiger partial charge in [-0.3, -0.25) is 9.13 Å². The monoisotopic (exact) mass is 483 g/mol. The smallest absolute Gasteiger partial charge is 0.640 e. The Kier molecular flexibility index (Phi) is 7.20. The molecule has 0 aromatic carbocycles. The summed E-state index contributed by atoms with van der Waals surface area (Å²) in [5, 5.41) is 20.0. The molecule has 1 aromatic rings. The molecule has 1 aliphatic rings. The molecule has 0 radical (unpaired) electrons. The zero-order valence-corrected chi connectivity index (χ0v) is 16.6. The van der Waals surface area contributed by atoms with Gasteiger partial charge in [0.25, 0.3) is 7.82 Å².